The molecule has 6 nitrogen and oxygen atoms in total. The van der Waals surface area contributed by atoms with Gasteiger partial charge in [0.15, 0.2) is 5.82 Å². The van der Waals surface area contributed by atoms with Gasteiger partial charge >= 0.3 is 0 Å². The van der Waals surface area contributed by atoms with Gasteiger partial charge in [0, 0.05) is 41.3 Å². The number of halogens is 1. The first-order valence-corrected chi connectivity index (χ1v) is 8.98. The Morgan fingerprint density at radius 1 is 1.15 bits per heavy atom. The minimum atomic E-state index is -0.419. The zero-order valence-corrected chi connectivity index (χ0v) is 15.3. The van der Waals surface area contributed by atoms with Gasteiger partial charge in [0.1, 0.15) is 0 Å². The van der Waals surface area contributed by atoms with E-state index < -0.39 is 6.04 Å². The minimum absolute atomic E-state index is 0.419. The van der Waals surface area contributed by atoms with Gasteiger partial charge in [0.2, 0.25) is 0 Å². The maximum Gasteiger partial charge on any atom is 0.172 e. The normalized spacial score (nSPS) is 14.4. The van der Waals surface area contributed by atoms with Crippen LogP contribution in [0.2, 0.25) is 5.02 Å². The second kappa shape index (κ2) is 7.34. The molecule has 0 fully saturated rings. The highest BCUT2D eigenvalue weighted by Gasteiger charge is 2.19. The predicted molar refractivity (Wildman–Crippen MR) is 107 cm³/mol. The molecule has 1 aliphatic heterocycles. The Labute approximate surface area is 162 Å². The fourth-order valence-electron chi connectivity index (χ4n) is 3.23. The molecule has 0 radical (unpaired) electrons. The van der Waals surface area contributed by atoms with Gasteiger partial charge in [-0.2, -0.15) is 5.10 Å². The zero-order valence-electron chi connectivity index (χ0n) is 14.6. The van der Waals surface area contributed by atoms with E-state index in [9.17, 15) is 0 Å². The number of rotatable bonds is 4. The fraction of sp³-hybridized carbons (Fsp3) is 0.150. The maximum absolute atomic E-state index is 6.31. The lowest BCUT2D eigenvalue weighted by molar-refractivity contribution is 0.739. The summed E-state index contributed by atoms with van der Waals surface area (Å²) in [7, 11) is 0. The zero-order chi connectivity index (χ0) is 18.8. The van der Waals surface area contributed by atoms with E-state index in [-0.39, 0.29) is 0 Å². The molecule has 2 aromatic carbocycles. The SMILES string of the molecule is NC1=CCN(Cc2cccc(C(N)c3nccnn3)c2)c2cc(Cl)ccc21. The van der Waals surface area contributed by atoms with Crippen LogP contribution in [-0.4, -0.2) is 21.7 Å². The van der Waals surface area contributed by atoms with Crippen LogP contribution in [0.25, 0.3) is 5.70 Å². The van der Waals surface area contributed by atoms with E-state index in [1.165, 1.54) is 6.20 Å². The molecule has 2 heterocycles. The third kappa shape index (κ3) is 3.63. The van der Waals surface area contributed by atoms with Gasteiger partial charge in [-0.05, 0) is 35.4 Å². The Hall–Kier alpha value is -2.96. The first-order valence-electron chi connectivity index (χ1n) is 8.60. The lowest BCUT2D eigenvalue weighted by Crippen LogP contribution is -2.28. The molecule has 0 amide bonds. The second-order valence-corrected chi connectivity index (χ2v) is 6.86. The van der Waals surface area contributed by atoms with Crippen LogP contribution in [-0.2, 0) is 6.54 Å². The van der Waals surface area contributed by atoms with Crippen LogP contribution in [0.5, 0.6) is 0 Å². The van der Waals surface area contributed by atoms with Gasteiger partial charge in [-0.1, -0.05) is 35.9 Å². The Morgan fingerprint density at radius 2 is 2.04 bits per heavy atom. The first kappa shape index (κ1) is 17.5. The van der Waals surface area contributed by atoms with Gasteiger partial charge in [-0.25, -0.2) is 4.98 Å². The van der Waals surface area contributed by atoms with E-state index >= 15 is 0 Å². The quantitative estimate of drug-likeness (QED) is 0.725. The van der Waals surface area contributed by atoms with Crippen LogP contribution in [0.3, 0.4) is 0 Å². The van der Waals surface area contributed by atoms with Gasteiger partial charge in [0.05, 0.1) is 12.2 Å². The van der Waals surface area contributed by atoms with E-state index in [2.05, 4.69) is 32.2 Å². The lowest BCUT2D eigenvalue weighted by atomic mass is 10.0. The van der Waals surface area contributed by atoms with E-state index in [1.807, 2.05) is 36.4 Å². The summed E-state index contributed by atoms with van der Waals surface area (Å²) in [6, 6.07) is 13.5. The number of nitrogens with zero attached hydrogens (tertiary/aromatic N) is 4. The number of aromatic nitrogens is 3. The highest BCUT2D eigenvalue weighted by Crippen LogP contribution is 2.32. The van der Waals surface area contributed by atoms with Crippen molar-refractivity contribution in [1.82, 2.24) is 15.2 Å². The van der Waals surface area contributed by atoms with Crippen LogP contribution in [0.1, 0.15) is 28.6 Å². The molecule has 7 heteroatoms. The van der Waals surface area contributed by atoms with Crippen LogP contribution in [0.4, 0.5) is 5.69 Å². The Morgan fingerprint density at radius 3 is 2.85 bits per heavy atom. The third-order valence-corrected chi connectivity index (χ3v) is 4.84. The van der Waals surface area contributed by atoms with Gasteiger partial charge in [-0.3, -0.25) is 0 Å². The summed E-state index contributed by atoms with van der Waals surface area (Å²) < 4.78 is 0. The summed E-state index contributed by atoms with van der Waals surface area (Å²) in [4.78, 5) is 6.44. The molecule has 1 aliphatic rings. The van der Waals surface area contributed by atoms with Crippen molar-refractivity contribution in [2.24, 2.45) is 11.5 Å². The van der Waals surface area contributed by atoms with Crippen molar-refractivity contribution in [3.63, 3.8) is 0 Å². The molecule has 136 valence electrons. The molecular weight excluding hydrogens is 360 g/mol. The number of anilines is 1. The van der Waals surface area contributed by atoms with Crippen molar-refractivity contribution < 1.29 is 0 Å². The number of fused-ring (bicyclic) bond motifs is 1. The van der Waals surface area contributed by atoms with E-state index in [4.69, 9.17) is 23.1 Å². The van der Waals surface area contributed by atoms with Crippen molar-refractivity contribution >= 4 is 23.0 Å². The smallest absolute Gasteiger partial charge is 0.172 e. The van der Waals surface area contributed by atoms with Crippen molar-refractivity contribution in [2.45, 2.75) is 12.6 Å². The molecule has 4 N–H and O–H groups in total. The summed E-state index contributed by atoms with van der Waals surface area (Å²) in [6.07, 6.45) is 5.15. The summed E-state index contributed by atoms with van der Waals surface area (Å²) in [6.45, 7) is 1.44. The molecule has 3 aromatic rings. The predicted octanol–water partition coefficient (Wildman–Crippen LogP) is 2.89. The summed E-state index contributed by atoms with van der Waals surface area (Å²) in [5.41, 5.74) is 17.3. The fourth-order valence-corrected chi connectivity index (χ4v) is 3.40. The van der Waals surface area contributed by atoms with Crippen molar-refractivity contribution in [3.05, 3.63) is 88.5 Å². The maximum atomic E-state index is 6.31. The monoisotopic (exact) mass is 378 g/mol. The topological polar surface area (TPSA) is 94.0 Å². The van der Waals surface area contributed by atoms with Gasteiger partial charge < -0.3 is 16.4 Å². The highest BCUT2D eigenvalue weighted by molar-refractivity contribution is 6.31. The van der Waals surface area contributed by atoms with E-state index in [0.29, 0.717) is 17.4 Å². The molecule has 1 atom stereocenters. The summed E-state index contributed by atoms with van der Waals surface area (Å²) in [5.74, 6) is 0.500. The number of hydrogen-bond donors (Lipinski definition) is 2. The van der Waals surface area contributed by atoms with Crippen molar-refractivity contribution in [3.8, 4) is 0 Å². The average Bonchev–Trinajstić information content (AvgIpc) is 2.70. The number of hydrogen-bond acceptors (Lipinski definition) is 6. The Bertz CT molecular complexity index is 989. The second-order valence-electron chi connectivity index (χ2n) is 6.43. The van der Waals surface area contributed by atoms with Crippen LogP contribution in [0.15, 0.2) is 60.9 Å². The molecule has 4 rings (SSSR count). The minimum Gasteiger partial charge on any atom is -0.398 e. The molecule has 0 saturated heterocycles. The molecule has 0 aliphatic carbocycles. The van der Waals surface area contributed by atoms with E-state index in [1.54, 1.807) is 6.20 Å². The van der Waals surface area contributed by atoms with E-state index in [0.717, 1.165) is 34.6 Å². The van der Waals surface area contributed by atoms with Gasteiger partial charge in [0.25, 0.3) is 0 Å². The molecule has 0 spiro atoms. The lowest BCUT2D eigenvalue weighted by Gasteiger charge is -2.30. The molecule has 1 unspecified atom stereocenters. The highest BCUT2D eigenvalue weighted by atomic mass is 35.5. The van der Waals surface area contributed by atoms with Crippen molar-refractivity contribution in [1.29, 1.82) is 0 Å². The number of benzene rings is 2. The standard InChI is InChI=1S/C20H19ClN6/c21-15-4-5-16-17(22)6-9-27(18(16)11-15)12-13-2-1-3-14(10-13)19(23)20-24-7-8-25-26-20/h1-8,10-11,19H,9,12,22-23H2. The van der Waals surface area contributed by atoms with Crippen molar-refractivity contribution in [2.75, 3.05) is 11.4 Å². The average molecular weight is 379 g/mol. The summed E-state index contributed by atoms with van der Waals surface area (Å²) >= 11 is 6.20. The van der Waals surface area contributed by atoms with Crippen LogP contribution < -0.4 is 16.4 Å². The number of nitrogens with two attached hydrogens (primary N) is 2. The Kier molecular flexibility index (Phi) is 4.75. The molecule has 1 aromatic heterocycles. The van der Waals surface area contributed by atoms with Crippen LogP contribution in [0, 0.1) is 0 Å². The van der Waals surface area contributed by atoms with Gasteiger partial charge in [-0.15, -0.1) is 5.10 Å². The molecule has 27 heavy (non-hydrogen) atoms. The summed E-state index contributed by atoms with van der Waals surface area (Å²) in [5, 5.41) is 8.56. The largest absolute Gasteiger partial charge is 0.398 e. The van der Waals surface area contributed by atoms with Crippen LogP contribution >= 0.6 is 11.6 Å². The molecule has 0 bridgehead atoms. The third-order valence-electron chi connectivity index (χ3n) is 4.61. The molecule has 0 saturated carbocycles. The Balaban J connectivity index is 1.60. The molecular formula is C20H19ClN6. The first-order chi connectivity index (χ1) is 13.1.